The number of benzene rings is 1. The summed E-state index contributed by atoms with van der Waals surface area (Å²) in [5, 5.41) is 3.23. The van der Waals surface area contributed by atoms with Crippen molar-refractivity contribution in [1.29, 1.82) is 0 Å². The van der Waals surface area contributed by atoms with Crippen molar-refractivity contribution in [1.82, 2.24) is 10.2 Å². The Hall–Kier alpha value is -1.06. The number of piperazine rings is 1. The molecule has 3 rings (SSSR count). The van der Waals surface area contributed by atoms with Crippen LogP contribution in [-0.4, -0.2) is 44.2 Å². The van der Waals surface area contributed by atoms with Crippen LogP contribution in [0.1, 0.15) is 30.4 Å². The van der Waals surface area contributed by atoms with E-state index >= 15 is 0 Å². The van der Waals surface area contributed by atoms with Gasteiger partial charge >= 0.3 is 0 Å². The molecule has 1 N–H and O–H groups in total. The fourth-order valence-electron chi connectivity index (χ4n) is 3.76. The molecule has 0 bridgehead atoms. The number of fused-ring (bicyclic) bond motifs is 1. The van der Waals surface area contributed by atoms with Crippen molar-refractivity contribution in [3.8, 4) is 0 Å². The van der Waals surface area contributed by atoms with Gasteiger partial charge in [-0.3, -0.25) is 4.90 Å². The van der Waals surface area contributed by atoms with Crippen LogP contribution in [0.4, 0.5) is 5.69 Å². The zero-order valence-electron chi connectivity index (χ0n) is 12.9. The number of hydrogen-bond donors (Lipinski definition) is 1. The molecule has 1 aromatic rings. The predicted octanol–water partition coefficient (Wildman–Crippen LogP) is 2.39. The van der Waals surface area contributed by atoms with Gasteiger partial charge in [0.05, 0.1) is 0 Å². The Morgan fingerprint density at radius 1 is 1.20 bits per heavy atom. The highest BCUT2D eigenvalue weighted by atomic mass is 15.3. The minimum Gasteiger partial charge on any atom is -0.368 e. The molecule has 2 aliphatic rings. The highest BCUT2D eigenvalue weighted by Gasteiger charge is 2.29. The summed E-state index contributed by atoms with van der Waals surface area (Å²) in [6.45, 7) is 8.16. The lowest BCUT2D eigenvalue weighted by molar-refractivity contribution is 0.133. The van der Waals surface area contributed by atoms with Crippen molar-refractivity contribution in [2.75, 3.05) is 38.1 Å². The highest BCUT2D eigenvalue weighted by molar-refractivity contribution is 5.55. The van der Waals surface area contributed by atoms with E-state index in [2.05, 4.69) is 40.2 Å². The molecule has 1 aromatic carbocycles. The Bertz CT molecular complexity index is 458. The van der Waals surface area contributed by atoms with E-state index in [0.717, 1.165) is 12.6 Å². The van der Waals surface area contributed by atoms with Gasteiger partial charge in [-0.25, -0.2) is 0 Å². The zero-order valence-corrected chi connectivity index (χ0v) is 12.9. The minimum absolute atomic E-state index is 0.786. The SMILES string of the molecule is CNCc1ccc(N2CCN3CCCCC3C2)c(C)c1. The van der Waals surface area contributed by atoms with Crippen LogP contribution in [0.15, 0.2) is 18.2 Å². The van der Waals surface area contributed by atoms with E-state index in [1.54, 1.807) is 0 Å². The summed E-state index contributed by atoms with van der Waals surface area (Å²) in [6.07, 6.45) is 4.19. The van der Waals surface area contributed by atoms with E-state index in [1.807, 2.05) is 7.05 Å². The van der Waals surface area contributed by atoms with E-state index in [0.29, 0.717) is 0 Å². The summed E-state index contributed by atoms with van der Waals surface area (Å²) in [4.78, 5) is 5.30. The van der Waals surface area contributed by atoms with Crippen LogP contribution in [-0.2, 0) is 6.54 Å². The molecule has 2 saturated heterocycles. The number of nitrogens with zero attached hydrogens (tertiary/aromatic N) is 2. The Balaban J connectivity index is 1.72. The maximum Gasteiger partial charge on any atom is 0.0397 e. The monoisotopic (exact) mass is 273 g/mol. The van der Waals surface area contributed by atoms with Gasteiger partial charge < -0.3 is 10.2 Å². The summed E-state index contributed by atoms with van der Waals surface area (Å²) in [7, 11) is 2.01. The van der Waals surface area contributed by atoms with Gasteiger partial charge in [-0.1, -0.05) is 18.6 Å². The lowest BCUT2D eigenvalue weighted by Gasteiger charge is -2.45. The van der Waals surface area contributed by atoms with Gasteiger partial charge in [0.15, 0.2) is 0 Å². The van der Waals surface area contributed by atoms with E-state index in [1.165, 1.54) is 62.3 Å². The van der Waals surface area contributed by atoms with Crippen molar-refractivity contribution in [3.63, 3.8) is 0 Å². The van der Waals surface area contributed by atoms with E-state index in [9.17, 15) is 0 Å². The first kappa shape index (κ1) is 13.9. The number of rotatable bonds is 3. The van der Waals surface area contributed by atoms with E-state index in [4.69, 9.17) is 0 Å². The third-order valence-electron chi connectivity index (χ3n) is 4.82. The van der Waals surface area contributed by atoms with Crippen molar-refractivity contribution in [2.45, 2.75) is 38.8 Å². The molecule has 2 heterocycles. The summed E-state index contributed by atoms with van der Waals surface area (Å²) < 4.78 is 0. The molecule has 2 aliphatic heterocycles. The zero-order chi connectivity index (χ0) is 13.9. The topological polar surface area (TPSA) is 18.5 Å². The molecule has 0 saturated carbocycles. The Kier molecular flexibility index (Phi) is 4.27. The number of aryl methyl sites for hydroxylation is 1. The smallest absolute Gasteiger partial charge is 0.0397 e. The largest absolute Gasteiger partial charge is 0.368 e. The molecule has 0 aliphatic carbocycles. The second-order valence-corrected chi connectivity index (χ2v) is 6.28. The Morgan fingerprint density at radius 3 is 2.90 bits per heavy atom. The highest BCUT2D eigenvalue weighted by Crippen LogP contribution is 2.27. The Labute approximate surface area is 123 Å². The molecule has 0 spiro atoms. The third-order valence-corrected chi connectivity index (χ3v) is 4.82. The molecular formula is C17H27N3. The van der Waals surface area contributed by atoms with Crippen LogP contribution < -0.4 is 10.2 Å². The molecule has 3 heteroatoms. The molecule has 0 amide bonds. The number of nitrogens with one attached hydrogen (secondary N) is 1. The van der Waals surface area contributed by atoms with Crippen LogP contribution in [0.25, 0.3) is 0 Å². The van der Waals surface area contributed by atoms with Gasteiger partial charge in [-0.15, -0.1) is 0 Å². The molecule has 110 valence electrons. The molecule has 0 aromatic heterocycles. The van der Waals surface area contributed by atoms with Gasteiger partial charge in [0.2, 0.25) is 0 Å². The van der Waals surface area contributed by atoms with Gasteiger partial charge in [-0.2, -0.15) is 0 Å². The summed E-state index contributed by atoms with van der Waals surface area (Å²) >= 11 is 0. The fourth-order valence-corrected chi connectivity index (χ4v) is 3.76. The average Bonchev–Trinajstić information content (AvgIpc) is 2.47. The van der Waals surface area contributed by atoms with Gasteiger partial charge in [-0.05, 0) is 50.6 Å². The first-order chi connectivity index (χ1) is 9.78. The van der Waals surface area contributed by atoms with Crippen LogP contribution in [0.5, 0.6) is 0 Å². The molecular weight excluding hydrogens is 246 g/mol. The molecule has 1 atom stereocenters. The van der Waals surface area contributed by atoms with Crippen molar-refractivity contribution in [2.24, 2.45) is 0 Å². The summed E-state index contributed by atoms with van der Waals surface area (Å²) in [6, 6.07) is 7.71. The molecule has 3 nitrogen and oxygen atoms in total. The first-order valence-electron chi connectivity index (χ1n) is 8.01. The molecule has 1 unspecified atom stereocenters. The average molecular weight is 273 g/mol. The number of hydrogen-bond acceptors (Lipinski definition) is 3. The lowest BCUT2D eigenvalue weighted by atomic mass is 9.98. The second kappa shape index (κ2) is 6.15. The molecule has 20 heavy (non-hydrogen) atoms. The second-order valence-electron chi connectivity index (χ2n) is 6.28. The maximum absolute atomic E-state index is 3.23. The van der Waals surface area contributed by atoms with Crippen LogP contribution >= 0.6 is 0 Å². The van der Waals surface area contributed by atoms with Gasteiger partial charge in [0.1, 0.15) is 0 Å². The molecule has 2 fully saturated rings. The summed E-state index contributed by atoms with van der Waals surface area (Å²) in [5.41, 5.74) is 4.24. The van der Waals surface area contributed by atoms with Gasteiger partial charge in [0, 0.05) is 37.9 Å². The number of piperidine rings is 1. The van der Waals surface area contributed by atoms with Gasteiger partial charge in [0.25, 0.3) is 0 Å². The Morgan fingerprint density at radius 2 is 2.10 bits per heavy atom. The quantitative estimate of drug-likeness (QED) is 0.912. The van der Waals surface area contributed by atoms with Crippen molar-refractivity contribution >= 4 is 5.69 Å². The maximum atomic E-state index is 3.23. The third kappa shape index (κ3) is 2.84. The van der Waals surface area contributed by atoms with Crippen LogP contribution in [0, 0.1) is 6.92 Å². The van der Waals surface area contributed by atoms with Crippen LogP contribution in [0.3, 0.4) is 0 Å². The van der Waals surface area contributed by atoms with Crippen molar-refractivity contribution in [3.05, 3.63) is 29.3 Å². The summed E-state index contributed by atoms with van der Waals surface area (Å²) in [5.74, 6) is 0. The first-order valence-corrected chi connectivity index (χ1v) is 8.01. The standard InChI is InChI=1S/C17H27N3/c1-14-11-15(12-18-2)6-7-17(14)20-10-9-19-8-4-3-5-16(19)13-20/h6-7,11,16,18H,3-5,8-10,12-13H2,1-2H3. The number of anilines is 1. The van der Waals surface area contributed by atoms with E-state index in [-0.39, 0.29) is 0 Å². The predicted molar refractivity (Wildman–Crippen MR) is 85.4 cm³/mol. The lowest BCUT2D eigenvalue weighted by Crippen LogP contribution is -2.55. The minimum atomic E-state index is 0.786. The van der Waals surface area contributed by atoms with Crippen molar-refractivity contribution < 1.29 is 0 Å². The normalized spacial score (nSPS) is 23.7. The van der Waals surface area contributed by atoms with Crippen LogP contribution in [0.2, 0.25) is 0 Å². The van der Waals surface area contributed by atoms with E-state index < -0.39 is 0 Å². The fraction of sp³-hybridized carbons (Fsp3) is 0.647. The molecule has 0 radical (unpaired) electrons.